The van der Waals surface area contributed by atoms with Crippen molar-refractivity contribution in [3.8, 4) is 0 Å². The summed E-state index contributed by atoms with van der Waals surface area (Å²) >= 11 is 0. The highest BCUT2D eigenvalue weighted by molar-refractivity contribution is 5.91. The van der Waals surface area contributed by atoms with Gasteiger partial charge in [0.1, 0.15) is 5.76 Å². The van der Waals surface area contributed by atoms with Crippen molar-refractivity contribution in [2.45, 2.75) is 13.5 Å². The van der Waals surface area contributed by atoms with Crippen molar-refractivity contribution in [1.29, 1.82) is 0 Å². The number of hydrogen-bond donors (Lipinski definition) is 3. The van der Waals surface area contributed by atoms with Gasteiger partial charge in [-0.1, -0.05) is 6.92 Å². The molecule has 16 heavy (non-hydrogen) atoms. The average molecular weight is 226 g/mol. The predicted molar refractivity (Wildman–Crippen MR) is 55.7 cm³/mol. The number of amides is 1. The van der Waals surface area contributed by atoms with Crippen molar-refractivity contribution in [2.75, 3.05) is 6.54 Å². The summed E-state index contributed by atoms with van der Waals surface area (Å²) in [5, 5.41) is 11.1. The number of aliphatic carboxylic acids is 1. The summed E-state index contributed by atoms with van der Waals surface area (Å²) in [6.07, 6.45) is 0. The minimum absolute atomic E-state index is 0.0623. The Kier molecular flexibility index (Phi) is 4.07. The number of furan rings is 1. The number of nitrogens with two attached hydrogens (primary N) is 1. The van der Waals surface area contributed by atoms with E-state index in [0.29, 0.717) is 5.76 Å². The molecule has 1 atom stereocenters. The lowest BCUT2D eigenvalue weighted by atomic mass is 10.2. The first kappa shape index (κ1) is 12.3. The summed E-state index contributed by atoms with van der Waals surface area (Å²) in [5.41, 5.74) is 5.32. The SMILES string of the molecule is CC(CNC(=O)c1ccc(CN)o1)C(=O)O. The second kappa shape index (κ2) is 5.32. The van der Waals surface area contributed by atoms with E-state index in [4.69, 9.17) is 15.3 Å². The molecule has 1 amide bonds. The van der Waals surface area contributed by atoms with Crippen LogP contribution < -0.4 is 11.1 Å². The lowest BCUT2D eigenvalue weighted by molar-refractivity contribution is -0.140. The quantitative estimate of drug-likeness (QED) is 0.664. The van der Waals surface area contributed by atoms with Gasteiger partial charge in [0, 0.05) is 6.54 Å². The molecule has 0 aliphatic rings. The maximum Gasteiger partial charge on any atom is 0.308 e. The molecule has 0 saturated carbocycles. The number of nitrogens with one attached hydrogen (secondary N) is 1. The first-order valence-corrected chi connectivity index (χ1v) is 4.84. The third kappa shape index (κ3) is 3.09. The van der Waals surface area contributed by atoms with Crippen LogP contribution in [0.15, 0.2) is 16.5 Å². The van der Waals surface area contributed by atoms with Crippen LogP contribution in [-0.4, -0.2) is 23.5 Å². The van der Waals surface area contributed by atoms with Crippen LogP contribution in [0.1, 0.15) is 23.2 Å². The molecular formula is C10H14N2O4. The van der Waals surface area contributed by atoms with Gasteiger partial charge in [-0.15, -0.1) is 0 Å². The lowest BCUT2D eigenvalue weighted by Crippen LogP contribution is -2.31. The van der Waals surface area contributed by atoms with Gasteiger partial charge < -0.3 is 20.6 Å². The fourth-order valence-electron chi connectivity index (χ4n) is 1.03. The van der Waals surface area contributed by atoms with Crippen molar-refractivity contribution < 1.29 is 19.1 Å². The van der Waals surface area contributed by atoms with Crippen LogP contribution in [0.5, 0.6) is 0 Å². The molecule has 0 bridgehead atoms. The first-order valence-electron chi connectivity index (χ1n) is 4.84. The highest BCUT2D eigenvalue weighted by Gasteiger charge is 2.15. The van der Waals surface area contributed by atoms with Crippen LogP contribution in [0.2, 0.25) is 0 Å². The average Bonchev–Trinajstić information content (AvgIpc) is 2.73. The summed E-state index contributed by atoms with van der Waals surface area (Å²) < 4.78 is 5.10. The topological polar surface area (TPSA) is 106 Å². The zero-order valence-electron chi connectivity index (χ0n) is 8.90. The Bertz CT molecular complexity index is 386. The fraction of sp³-hybridized carbons (Fsp3) is 0.400. The van der Waals surface area contributed by atoms with Crippen LogP contribution in [-0.2, 0) is 11.3 Å². The van der Waals surface area contributed by atoms with Crippen LogP contribution in [0.25, 0.3) is 0 Å². The highest BCUT2D eigenvalue weighted by atomic mass is 16.4. The largest absolute Gasteiger partial charge is 0.481 e. The van der Waals surface area contributed by atoms with Gasteiger partial charge in [-0.25, -0.2) is 0 Å². The van der Waals surface area contributed by atoms with E-state index >= 15 is 0 Å². The van der Waals surface area contributed by atoms with Gasteiger partial charge in [0.05, 0.1) is 12.5 Å². The van der Waals surface area contributed by atoms with Crippen LogP contribution in [0.4, 0.5) is 0 Å². The Morgan fingerprint density at radius 1 is 1.56 bits per heavy atom. The van der Waals surface area contributed by atoms with Crippen molar-refractivity contribution in [3.63, 3.8) is 0 Å². The van der Waals surface area contributed by atoms with E-state index in [1.54, 1.807) is 6.07 Å². The Labute approximate surface area is 92.4 Å². The smallest absolute Gasteiger partial charge is 0.308 e. The number of rotatable bonds is 5. The van der Waals surface area contributed by atoms with E-state index in [9.17, 15) is 9.59 Å². The molecule has 0 saturated heterocycles. The van der Waals surface area contributed by atoms with Crippen molar-refractivity contribution >= 4 is 11.9 Å². The van der Waals surface area contributed by atoms with E-state index in [-0.39, 0.29) is 18.8 Å². The van der Waals surface area contributed by atoms with E-state index in [1.807, 2.05) is 0 Å². The highest BCUT2D eigenvalue weighted by Crippen LogP contribution is 2.06. The molecule has 0 aromatic carbocycles. The van der Waals surface area contributed by atoms with Crippen molar-refractivity contribution in [3.05, 3.63) is 23.7 Å². The van der Waals surface area contributed by atoms with Crippen LogP contribution >= 0.6 is 0 Å². The summed E-state index contributed by atoms with van der Waals surface area (Å²) in [6, 6.07) is 3.11. The lowest BCUT2D eigenvalue weighted by Gasteiger charge is -2.06. The maximum absolute atomic E-state index is 11.5. The van der Waals surface area contributed by atoms with E-state index in [0.717, 1.165) is 0 Å². The van der Waals surface area contributed by atoms with E-state index in [1.165, 1.54) is 13.0 Å². The molecule has 1 aromatic rings. The van der Waals surface area contributed by atoms with Gasteiger partial charge in [0.25, 0.3) is 5.91 Å². The maximum atomic E-state index is 11.5. The Morgan fingerprint density at radius 3 is 2.75 bits per heavy atom. The zero-order valence-corrected chi connectivity index (χ0v) is 8.90. The molecule has 4 N–H and O–H groups in total. The predicted octanol–water partition coefficient (Wildman–Crippen LogP) is 0.189. The molecule has 0 aliphatic carbocycles. The molecule has 0 aliphatic heterocycles. The molecule has 1 unspecified atom stereocenters. The van der Waals surface area contributed by atoms with E-state index < -0.39 is 17.8 Å². The standard InChI is InChI=1S/C10H14N2O4/c1-6(10(14)15)5-12-9(13)8-3-2-7(4-11)16-8/h2-3,6H,4-5,11H2,1H3,(H,12,13)(H,14,15). The van der Waals surface area contributed by atoms with Gasteiger partial charge in [-0.05, 0) is 12.1 Å². The van der Waals surface area contributed by atoms with Gasteiger partial charge in [-0.3, -0.25) is 9.59 Å². The van der Waals surface area contributed by atoms with Crippen LogP contribution in [0, 0.1) is 5.92 Å². The molecule has 0 fully saturated rings. The number of carboxylic acids is 1. The number of carbonyl (C=O) groups excluding carboxylic acids is 1. The van der Waals surface area contributed by atoms with Gasteiger partial charge in [0.15, 0.2) is 5.76 Å². The van der Waals surface area contributed by atoms with Gasteiger partial charge >= 0.3 is 5.97 Å². The molecule has 0 spiro atoms. The van der Waals surface area contributed by atoms with Crippen LogP contribution in [0.3, 0.4) is 0 Å². The third-order valence-corrected chi connectivity index (χ3v) is 2.08. The van der Waals surface area contributed by atoms with Gasteiger partial charge in [-0.2, -0.15) is 0 Å². The Balaban J connectivity index is 2.49. The first-order chi connectivity index (χ1) is 7.54. The summed E-state index contributed by atoms with van der Waals surface area (Å²) in [7, 11) is 0. The summed E-state index contributed by atoms with van der Waals surface area (Å²) in [4.78, 5) is 22.0. The molecule has 1 heterocycles. The normalized spacial score (nSPS) is 12.1. The molecule has 1 aromatic heterocycles. The molecule has 1 rings (SSSR count). The van der Waals surface area contributed by atoms with Crippen molar-refractivity contribution in [2.24, 2.45) is 11.7 Å². The molecular weight excluding hydrogens is 212 g/mol. The molecule has 88 valence electrons. The third-order valence-electron chi connectivity index (χ3n) is 2.08. The van der Waals surface area contributed by atoms with Gasteiger partial charge in [0.2, 0.25) is 0 Å². The second-order valence-corrected chi connectivity index (χ2v) is 3.42. The summed E-state index contributed by atoms with van der Waals surface area (Å²) in [5.74, 6) is -1.38. The van der Waals surface area contributed by atoms with Crippen molar-refractivity contribution in [1.82, 2.24) is 5.32 Å². The summed E-state index contributed by atoms with van der Waals surface area (Å²) in [6.45, 7) is 1.79. The Hall–Kier alpha value is -1.82. The Morgan fingerprint density at radius 2 is 2.25 bits per heavy atom. The second-order valence-electron chi connectivity index (χ2n) is 3.42. The molecule has 6 nitrogen and oxygen atoms in total. The minimum Gasteiger partial charge on any atom is -0.481 e. The number of carboxylic acid groups (broad SMARTS) is 1. The van der Waals surface area contributed by atoms with E-state index in [2.05, 4.69) is 5.32 Å². The fourth-order valence-corrected chi connectivity index (χ4v) is 1.03. The monoisotopic (exact) mass is 226 g/mol. The number of carbonyl (C=O) groups is 2. The zero-order chi connectivity index (χ0) is 12.1. The molecule has 0 radical (unpaired) electrons. The number of hydrogen-bond acceptors (Lipinski definition) is 4. The minimum atomic E-state index is -0.956. The molecule has 6 heteroatoms.